The Hall–Kier alpha value is -1.40. The molecule has 24 heavy (non-hydrogen) atoms. The van der Waals surface area contributed by atoms with E-state index in [1.54, 1.807) is 0 Å². The molecule has 3 amide bonds. The molecule has 0 saturated heterocycles. The molecular weight excluding hydrogens is 401 g/mol. The molecule has 8 heteroatoms. The Morgan fingerprint density at radius 3 is 2.38 bits per heavy atom. The molecule has 1 aliphatic heterocycles. The van der Waals surface area contributed by atoms with E-state index in [0.29, 0.717) is 19.4 Å². The molecular formula is C16H24N3O4Rh-. The van der Waals surface area contributed by atoms with Crippen molar-refractivity contribution in [1.82, 2.24) is 15.5 Å². The quantitative estimate of drug-likeness (QED) is 0.215. The second-order valence-electron chi connectivity index (χ2n) is 5.33. The molecule has 0 aromatic heterocycles. The van der Waals surface area contributed by atoms with E-state index in [1.807, 2.05) is 6.92 Å². The maximum absolute atomic E-state index is 11.7. The molecule has 0 aliphatic carbocycles. The number of hydrogen-bond donors (Lipinski definition) is 2. The van der Waals surface area contributed by atoms with E-state index in [1.165, 1.54) is 12.2 Å². The first-order valence-electron chi connectivity index (χ1n) is 7.85. The number of nitrogens with one attached hydrogen (secondary N) is 2. The van der Waals surface area contributed by atoms with Crippen molar-refractivity contribution in [3.8, 4) is 0 Å². The third kappa shape index (κ3) is 7.45. The van der Waals surface area contributed by atoms with Crippen LogP contribution in [0.2, 0.25) is 0 Å². The van der Waals surface area contributed by atoms with E-state index in [9.17, 15) is 19.2 Å². The number of rotatable bonds is 11. The van der Waals surface area contributed by atoms with Gasteiger partial charge in [-0.2, -0.15) is 0 Å². The number of imide groups is 1. The third-order valence-electron chi connectivity index (χ3n) is 3.69. The largest absolute Gasteiger partial charge is 0.464 e. The van der Waals surface area contributed by atoms with Crippen LogP contribution in [0.1, 0.15) is 39.0 Å². The SMILES string of the molecule is [CH2-]NC(CCCCNC(=O)CCN1C(=O)C=CC1=O)C(=O)CC.[Rh]. The minimum Gasteiger partial charge on any atom is -0.464 e. The summed E-state index contributed by atoms with van der Waals surface area (Å²) in [4.78, 5) is 46.9. The molecule has 1 heterocycles. The van der Waals surface area contributed by atoms with E-state index in [-0.39, 0.29) is 62.0 Å². The van der Waals surface area contributed by atoms with Crippen molar-refractivity contribution in [3.63, 3.8) is 0 Å². The summed E-state index contributed by atoms with van der Waals surface area (Å²) in [6.07, 6.45) is 5.21. The number of hydrogen-bond acceptors (Lipinski definition) is 5. The molecule has 2 N–H and O–H groups in total. The summed E-state index contributed by atoms with van der Waals surface area (Å²) in [5, 5.41) is 5.49. The molecule has 0 bridgehead atoms. The summed E-state index contributed by atoms with van der Waals surface area (Å²) in [7, 11) is 3.55. The Bertz CT molecular complexity index is 476. The van der Waals surface area contributed by atoms with Gasteiger partial charge in [-0.05, 0) is 19.3 Å². The molecule has 0 saturated carbocycles. The summed E-state index contributed by atoms with van der Waals surface area (Å²) >= 11 is 0. The maximum atomic E-state index is 11.7. The van der Waals surface area contributed by atoms with Gasteiger partial charge in [0.25, 0.3) is 11.8 Å². The molecule has 1 unspecified atom stereocenters. The number of unbranched alkanes of at least 4 members (excludes halogenated alkanes) is 1. The molecule has 0 aromatic rings. The molecule has 7 nitrogen and oxygen atoms in total. The van der Waals surface area contributed by atoms with E-state index < -0.39 is 0 Å². The predicted molar refractivity (Wildman–Crippen MR) is 84.9 cm³/mol. The standard InChI is InChI=1S/C16H24N3O4.Rh/c1-3-13(20)12(17-2)6-4-5-10-18-14(21)9-11-19-15(22)7-8-16(19)23;/h7-8,12,17H,2-6,9-11H2,1H3,(H,18,21);/q-1;. The van der Waals surface area contributed by atoms with Gasteiger partial charge in [0.15, 0.2) is 0 Å². The number of nitrogens with zero attached hydrogens (tertiary/aromatic N) is 1. The molecule has 1 aliphatic rings. The van der Waals surface area contributed by atoms with Gasteiger partial charge in [-0.25, -0.2) is 0 Å². The number of carbonyl (C=O) groups is 4. The van der Waals surface area contributed by atoms with Gasteiger partial charge in [0.2, 0.25) is 5.91 Å². The monoisotopic (exact) mass is 425 g/mol. The summed E-state index contributed by atoms with van der Waals surface area (Å²) in [6.45, 7) is 2.41. The van der Waals surface area contributed by atoms with Crippen LogP contribution in [0.25, 0.3) is 0 Å². The van der Waals surface area contributed by atoms with Crippen molar-refractivity contribution in [2.45, 2.75) is 45.1 Å². The summed E-state index contributed by atoms with van der Waals surface area (Å²) in [5.41, 5.74) is 0. The average molecular weight is 425 g/mol. The Balaban J connectivity index is 0.00000529. The Kier molecular flexibility index (Phi) is 11.3. The van der Waals surface area contributed by atoms with E-state index in [4.69, 9.17) is 0 Å². The van der Waals surface area contributed by atoms with E-state index in [0.717, 1.165) is 17.7 Å². The first-order valence-corrected chi connectivity index (χ1v) is 7.85. The Morgan fingerprint density at radius 1 is 1.21 bits per heavy atom. The fraction of sp³-hybridized carbons (Fsp3) is 0.562. The van der Waals surface area contributed by atoms with Crippen LogP contribution >= 0.6 is 0 Å². The Morgan fingerprint density at radius 2 is 1.83 bits per heavy atom. The van der Waals surface area contributed by atoms with Gasteiger partial charge in [-0.3, -0.25) is 31.1 Å². The van der Waals surface area contributed by atoms with E-state index in [2.05, 4.69) is 17.7 Å². The van der Waals surface area contributed by atoms with Gasteiger partial charge in [0, 0.05) is 63.6 Å². The van der Waals surface area contributed by atoms with Crippen molar-refractivity contribution < 1.29 is 38.7 Å². The molecule has 1 radical (unpaired) electrons. The zero-order chi connectivity index (χ0) is 17.2. The van der Waals surface area contributed by atoms with Crippen molar-refractivity contribution in [2.24, 2.45) is 0 Å². The van der Waals surface area contributed by atoms with Crippen LogP contribution in [0, 0.1) is 7.05 Å². The minimum atomic E-state index is -0.380. The van der Waals surface area contributed by atoms with Gasteiger partial charge >= 0.3 is 0 Å². The first-order chi connectivity index (χ1) is 11.0. The van der Waals surface area contributed by atoms with Crippen molar-refractivity contribution in [2.75, 3.05) is 13.1 Å². The topological polar surface area (TPSA) is 95.6 Å². The molecule has 0 spiro atoms. The van der Waals surface area contributed by atoms with Gasteiger partial charge in [-0.1, -0.05) is 6.92 Å². The van der Waals surface area contributed by atoms with Gasteiger partial charge in [0.1, 0.15) is 5.78 Å². The molecule has 0 fully saturated rings. The number of amides is 3. The summed E-state index contributed by atoms with van der Waals surface area (Å²) in [6, 6.07) is -0.226. The average Bonchev–Trinajstić information content (AvgIpc) is 2.86. The van der Waals surface area contributed by atoms with Gasteiger partial charge < -0.3 is 10.6 Å². The maximum Gasteiger partial charge on any atom is 0.253 e. The predicted octanol–water partition coefficient (Wildman–Crippen LogP) is 0.314. The van der Waals surface area contributed by atoms with Gasteiger partial charge in [-0.15, -0.1) is 0 Å². The van der Waals surface area contributed by atoms with Crippen LogP contribution in [-0.2, 0) is 38.7 Å². The summed E-state index contributed by atoms with van der Waals surface area (Å²) < 4.78 is 0. The van der Waals surface area contributed by atoms with Crippen LogP contribution in [-0.4, -0.2) is 47.5 Å². The minimum absolute atomic E-state index is 0. The van der Waals surface area contributed by atoms with Crippen LogP contribution in [0.3, 0.4) is 0 Å². The number of ketones is 1. The van der Waals surface area contributed by atoms with Crippen molar-refractivity contribution >= 4 is 23.5 Å². The summed E-state index contributed by atoms with van der Waals surface area (Å²) in [5.74, 6) is -0.822. The van der Waals surface area contributed by atoms with Crippen LogP contribution in [0.15, 0.2) is 12.2 Å². The zero-order valence-corrected chi connectivity index (χ0v) is 15.4. The second kappa shape index (κ2) is 12.0. The fourth-order valence-corrected chi connectivity index (χ4v) is 2.28. The van der Waals surface area contributed by atoms with Crippen LogP contribution in [0.4, 0.5) is 0 Å². The van der Waals surface area contributed by atoms with E-state index >= 15 is 0 Å². The molecule has 0 aromatic carbocycles. The Labute approximate surface area is 155 Å². The van der Waals surface area contributed by atoms with Gasteiger partial charge in [0.05, 0.1) is 0 Å². The third-order valence-corrected chi connectivity index (χ3v) is 3.69. The first kappa shape index (κ1) is 22.6. The molecule has 1 atom stereocenters. The number of Topliss-reactive ketones (excluding diaryl/α,β-unsaturated/α-hetero) is 1. The van der Waals surface area contributed by atoms with Crippen LogP contribution in [0.5, 0.6) is 0 Å². The zero-order valence-electron chi connectivity index (χ0n) is 13.8. The fourth-order valence-electron chi connectivity index (χ4n) is 2.28. The number of carbonyl (C=O) groups excluding carboxylic acids is 4. The normalized spacial score (nSPS) is 14.5. The molecule has 137 valence electrons. The molecule has 1 rings (SSSR count). The van der Waals surface area contributed by atoms with Crippen molar-refractivity contribution in [1.29, 1.82) is 0 Å². The van der Waals surface area contributed by atoms with Crippen LogP contribution < -0.4 is 10.6 Å². The van der Waals surface area contributed by atoms with Crippen molar-refractivity contribution in [3.05, 3.63) is 19.2 Å². The smallest absolute Gasteiger partial charge is 0.253 e. The second-order valence-corrected chi connectivity index (χ2v) is 5.33.